The molecule has 3 aromatic rings. The molecule has 2 aromatic heterocycles. The van der Waals surface area contributed by atoms with E-state index in [9.17, 15) is 9.18 Å². The average molecular weight is 302 g/mol. The summed E-state index contributed by atoms with van der Waals surface area (Å²) in [6.07, 6.45) is 0. The topological polar surface area (TPSA) is 55.1 Å². The fourth-order valence-corrected chi connectivity index (χ4v) is 2.52. The van der Waals surface area contributed by atoms with Crippen LogP contribution in [0.4, 0.5) is 9.52 Å². The highest BCUT2D eigenvalue weighted by molar-refractivity contribution is 7.13. The highest BCUT2D eigenvalue weighted by Gasteiger charge is 2.15. The second kappa shape index (κ2) is 5.49. The van der Waals surface area contributed by atoms with E-state index in [4.69, 9.17) is 4.42 Å². The number of benzene rings is 1. The third kappa shape index (κ3) is 2.85. The van der Waals surface area contributed by atoms with Crippen molar-refractivity contribution in [3.8, 4) is 11.3 Å². The lowest BCUT2D eigenvalue weighted by atomic mass is 10.1. The Morgan fingerprint density at radius 2 is 2.10 bits per heavy atom. The van der Waals surface area contributed by atoms with Crippen molar-refractivity contribution < 1.29 is 13.6 Å². The van der Waals surface area contributed by atoms with Crippen LogP contribution in [0.1, 0.15) is 16.2 Å². The summed E-state index contributed by atoms with van der Waals surface area (Å²) < 4.78 is 19.1. The zero-order chi connectivity index (χ0) is 14.8. The second-order valence-electron chi connectivity index (χ2n) is 4.39. The number of hydrogen-bond donors (Lipinski definition) is 1. The van der Waals surface area contributed by atoms with Gasteiger partial charge in [0.25, 0.3) is 5.91 Å². The predicted octanol–water partition coefficient (Wildman–Crippen LogP) is 4.10. The molecule has 106 valence electrons. The molecular formula is C15H11FN2O2S. The minimum absolute atomic E-state index is 0.112. The maximum atomic E-state index is 13.7. The average Bonchev–Trinajstić information content (AvgIpc) is 3.09. The molecule has 0 aliphatic rings. The van der Waals surface area contributed by atoms with Crippen molar-refractivity contribution in [1.82, 2.24) is 4.98 Å². The fourth-order valence-electron chi connectivity index (χ4n) is 1.84. The van der Waals surface area contributed by atoms with Crippen LogP contribution in [-0.4, -0.2) is 10.9 Å². The number of thiazole rings is 1. The smallest absolute Gasteiger partial charge is 0.293 e. The molecule has 0 saturated carbocycles. The Bertz CT molecular complexity index is 794. The van der Waals surface area contributed by atoms with Crippen molar-refractivity contribution in [3.05, 3.63) is 59.0 Å². The summed E-state index contributed by atoms with van der Waals surface area (Å²) in [5.74, 6) is -0.379. The molecule has 4 nitrogen and oxygen atoms in total. The van der Waals surface area contributed by atoms with Gasteiger partial charge < -0.3 is 4.42 Å². The van der Waals surface area contributed by atoms with E-state index >= 15 is 0 Å². The molecule has 0 unspecified atom stereocenters. The molecule has 0 aliphatic carbocycles. The minimum atomic E-state index is -0.410. The van der Waals surface area contributed by atoms with Crippen LogP contribution < -0.4 is 5.32 Å². The van der Waals surface area contributed by atoms with Gasteiger partial charge in [0, 0.05) is 5.38 Å². The monoisotopic (exact) mass is 302 g/mol. The number of carbonyl (C=O) groups excluding carboxylic acids is 1. The summed E-state index contributed by atoms with van der Waals surface area (Å²) in [4.78, 5) is 16.2. The number of halogens is 1. The molecule has 1 aromatic carbocycles. The summed E-state index contributed by atoms with van der Waals surface area (Å²) in [7, 11) is 0. The van der Waals surface area contributed by atoms with Crippen LogP contribution in [0, 0.1) is 12.7 Å². The van der Waals surface area contributed by atoms with Crippen LogP contribution in [0.5, 0.6) is 0 Å². The molecule has 0 spiro atoms. The number of furan rings is 1. The van der Waals surface area contributed by atoms with Crippen LogP contribution in [0.15, 0.2) is 46.2 Å². The molecule has 0 saturated heterocycles. The fraction of sp³-hybridized carbons (Fsp3) is 0.0667. The molecule has 21 heavy (non-hydrogen) atoms. The van der Waals surface area contributed by atoms with E-state index in [0.717, 1.165) is 5.69 Å². The first-order chi connectivity index (χ1) is 10.1. The second-order valence-corrected chi connectivity index (χ2v) is 5.25. The zero-order valence-corrected chi connectivity index (χ0v) is 11.9. The normalized spacial score (nSPS) is 10.6. The van der Waals surface area contributed by atoms with E-state index in [1.807, 2.05) is 12.3 Å². The molecule has 2 heterocycles. The van der Waals surface area contributed by atoms with E-state index in [-0.39, 0.29) is 5.76 Å². The number of nitrogens with zero attached hydrogens (tertiary/aromatic N) is 1. The van der Waals surface area contributed by atoms with E-state index < -0.39 is 11.7 Å². The largest absolute Gasteiger partial charge is 0.451 e. The number of aromatic nitrogens is 1. The highest BCUT2D eigenvalue weighted by Crippen LogP contribution is 2.25. The molecule has 0 radical (unpaired) electrons. The van der Waals surface area contributed by atoms with Crippen molar-refractivity contribution in [2.75, 3.05) is 5.32 Å². The lowest BCUT2D eigenvalue weighted by molar-refractivity contribution is 0.0997. The summed E-state index contributed by atoms with van der Waals surface area (Å²) in [6, 6.07) is 9.33. The molecule has 0 atom stereocenters. The Morgan fingerprint density at radius 1 is 1.29 bits per heavy atom. The minimum Gasteiger partial charge on any atom is -0.451 e. The number of rotatable bonds is 3. The molecule has 0 bridgehead atoms. The first-order valence-electron chi connectivity index (χ1n) is 6.22. The molecular weight excluding hydrogens is 291 g/mol. The Labute approximate surface area is 124 Å². The van der Waals surface area contributed by atoms with Crippen molar-refractivity contribution >= 4 is 22.4 Å². The van der Waals surface area contributed by atoms with Crippen molar-refractivity contribution in [1.29, 1.82) is 0 Å². The third-order valence-corrected chi connectivity index (χ3v) is 3.68. The van der Waals surface area contributed by atoms with Crippen LogP contribution in [-0.2, 0) is 0 Å². The van der Waals surface area contributed by atoms with E-state index in [0.29, 0.717) is 16.5 Å². The maximum Gasteiger partial charge on any atom is 0.293 e. The van der Waals surface area contributed by atoms with Gasteiger partial charge in [-0.2, -0.15) is 0 Å². The number of anilines is 1. The van der Waals surface area contributed by atoms with Gasteiger partial charge in [0.1, 0.15) is 11.6 Å². The Hall–Kier alpha value is -2.47. The predicted molar refractivity (Wildman–Crippen MR) is 78.9 cm³/mol. The molecule has 6 heteroatoms. The Balaban J connectivity index is 1.82. The Morgan fingerprint density at radius 3 is 2.81 bits per heavy atom. The quantitative estimate of drug-likeness (QED) is 0.792. The van der Waals surface area contributed by atoms with E-state index in [1.165, 1.54) is 23.5 Å². The number of carbonyl (C=O) groups is 1. The maximum absolute atomic E-state index is 13.7. The number of amides is 1. The van der Waals surface area contributed by atoms with Gasteiger partial charge in [0.05, 0.1) is 11.3 Å². The van der Waals surface area contributed by atoms with Gasteiger partial charge in [-0.15, -0.1) is 11.3 Å². The lowest BCUT2D eigenvalue weighted by Crippen LogP contribution is -2.10. The number of nitrogens with one attached hydrogen (secondary N) is 1. The number of hydrogen-bond acceptors (Lipinski definition) is 4. The molecule has 1 N–H and O–H groups in total. The summed E-state index contributed by atoms with van der Waals surface area (Å²) in [5.41, 5.74) is 1.16. The highest BCUT2D eigenvalue weighted by atomic mass is 32.1. The molecule has 1 amide bonds. The van der Waals surface area contributed by atoms with Gasteiger partial charge in [-0.3, -0.25) is 10.1 Å². The summed E-state index contributed by atoms with van der Waals surface area (Å²) >= 11 is 1.33. The van der Waals surface area contributed by atoms with Gasteiger partial charge in [-0.25, -0.2) is 9.37 Å². The lowest BCUT2D eigenvalue weighted by Gasteiger charge is -1.99. The first kappa shape index (κ1) is 13.5. The SMILES string of the molecule is Cc1csc(NC(=O)c2ccc(-c3ccccc3F)o2)n1. The summed E-state index contributed by atoms with van der Waals surface area (Å²) in [5, 5.41) is 4.98. The van der Waals surface area contributed by atoms with Gasteiger partial charge in [0.15, 0.2) is 10.9 Å². The third-order valence-electron chi connectivity index (χ3n) is 2.81. The van der Waals surface area contributed by atoms with Crippen molar-refractivity contribution in [2.45, 2.75) is 6.92 Å². The summed E-state index contributed by atoms with van der Waals surface area (Å²) in [6.45, 7) is 1.84. The van der Waals surface area contributed by atoms with E-state index in [2.05, 4.69) is 10.3 Å². The molecule has 3 rings (SSSR count). The number of aryl methyl sites for hydroxylation is 1. The molecule has 0 aliphatic heterocycles. The van der Waals surface area contributed by atoms with Gasteiger partial charge in [0.2, 0.25) is 0 Å². The zero-order valence-electron chi connectivity index (χ0n) is 11.1. The van der Waals surface area contributed by atoms with Crippen LogP contribution in [0.2, 0.25) is 0 Å². The van der Waals surface area contributed by atoms with Crippen LogP contribution in [0.3, 0.4) is 0 Å². The standard InChI is InChI=1S/C15H11FN2O2S/c1-9-8-21-15(17-9)18-14(19)13-7-6-12(20-13)10-4-2-3-5-11(10)16/h2-8H,1H3,(H,17,18,19). The van der Waals surface area contributed by atoms with Crippen molar-refractivity contribution in [2.24, 2.45) is 0 Å². The van der Waals surface area contributed by atoms with Gasteiger partial charge in [-0.05, 0) is 31.2 Å². The first-order valence-corrected chi connectivity index (χ1v) is 7.09. The van der Waals surface area contributed by atoms with E-state index in [1.54, 1.807) is 24.3 Å². The molecule has 0 fully saturated rings. The van der Waals surface area contributed by atoms with Crippen LogP contribution in [0.25, 0.3) is 11.3 Å². The van der Waals surface area contributed by atoms with Crippen molar-refractivity contribution in [3.63, 3.8) is 0 Å². The Kier molecular flexibility index (Phi) is 3.53. The van der Waals surface area contributed by atoms with Gasteiger partial charge >= 0.3 is 0 Å². The van der Waals surface area contributed by atoms with Crippen LogP contribution >= 0.6 is 11.3 Å². The van der Waals surface area contributed by atoms with Gasteiger partial charge in [-0.1, -0.05) is 12.1 Å².